The minimum Gasteiger partial charge on any atom is -0.462 e. The Labute approximate surface area is 67.4 Å². The predicted octanol–water partition coefficient (Wildman–Crippen LogP) is 1.06. The molecule has 0 radical (unpaired) electrons. The number of carbonyl (C=O) groups excluding carboxylic acids is 1. The van der Waals surface area contributed by atoms with Gasteiger partial charge in [0.25, 0.3) is 0 Å². The standard InChI is InChI=1S/C8H15NO2/c1-4-5-11-8(10)6-7(2)9-3/h6,9H,4-5H2,1-3H3/b7-6+. The van der Waals surface area contributed by atoms with Gasteiger partial charge in [0.15, 0.2) is 0 Å². The minimum atomic E-state index is -0.279. The Bertz CT molecular complexity index is 152. The third-order valence-electron chi connectivity index (χ3n) is 1.18. The molecule has 0 fully saturated rings. The summed E-state index contributed by atoms with van der Waals surface area (Å²) in [6.45, 7) is 4.27. The first kappa shape index (κ1) is 10.0. The van der Waals surface area contributed by atoms with Crippen LogP contribution in [0.2, 0.25) is 0 Å². The van der Waals surface area contributed by atoms with E-state index in [9.17, 15) is 4.79 Å². The van der Waals surface area contributed by atoms with Crippen molar-refractivity contribution in [3.05, 3.63) is 11.8 Å². The van der Waals surface area contributed by atoms with Crippen LogP contribution in [0.25, 0.3) is 0 Å². The van der Waals surface area contributed by atoms with Crippen molar-refractivity contribution in [3.63, 3.8) is 0 Å². The number of carbonyl (C=O) groups is 1. The van der Waals surface area contributed by atoms with E-state index in [0.717, 1.165) is 12.1 Å². The van der Waals surface area contributed by atoms with Crippen LogP contribution in [0.3, 0.4) is 0 Å². The highest BCUT2D eigenvalue weighted by Crippen LogP contribution is 1.88. The summed E-state index contributed by atoms with van der Waals surface area (Å²) < 4.78 is 4.81. The molecule has 0 saturated carbocycles. The summed E-state index contributed by atoms with van der Waals surface area (Å²) in [6.07, 6.45) is 2.30. The molecule has 0 aliphatic carbocycles. The molecule has 0 aromatic rings. The number of esters is 1. The molecule has 3 heteroatoms. The molecule has 1 N–H and O–H groups in total. The molecule has 0 unspecified atom stereocenters. The smallest absolute Gasteiger partial charge is 0.332 e. The van der Waals surface area contributed by atoms with Gasteiger partial charge in [0.1, 0.15) is 0 Å². The Kier molecular flexibility index (Phi) is 5.25. The van der Waals surface area contributed by atoms with Crippen LogP contribution >= 0.6 is 0 Å². The van der Waals surface area contributed by atoms with Crippen LogP contribution in [0.1, 0.15) is 20.3 Å². The first-order chi connectivity index (χ1) is 5.20. The van der Waals surface area contributed by atoms with Gasteiger partial charge in [-0.1, -0.05) is 6.92 Å². The van der Waals surface area contributed by atoms with Crippen molar-refractivity contribution in [1.29, 1.82) is 0 Å². The lowest BCUT2D eigenvalue weighted by Gasteiger charge is -2.00. The second-order valence-electron chi connectivity index (χ2n) is 2.24. The van der Waals surface area contributed by atoms with Crippen molar-refractivity contribution >= 4 is 5.97 Å². The second kappa shape index (κ2) is 5.77. The molecule has 0 spiro atoms. The summed E-state index contributed by atoms with van der Waals surface area (Å²) >= 11 is 0. The molecule has 0 rings (SSSR count). The summed E-state index contributed by atoms with van der Waals surface area (Å²) in [7, 11) is 1.76. The lowest BCUT2D eigenvalue weighted by atomic mass is 10.4. The van der Waals surface area contributed by atoms with Gasteiger partial charge in [-0.05, 0) is 13.3 Å². The lowest BCUT2D eigenvalue weighted by molar-refractivity contribution is -0.137. The zero-order chi connectivity index (χ0) is 8.69. The highest BCUT2D eigenvalue weighted by Gasteiger charge is 1.95. The van der Waals surface area contributed by atoms with E-state index in [1.54, 1.807) is 7.05 Å². The Hall–Kier alpha value is -0.990. The van der Waals surface area contributed by atoms with Crippen molar-refractivity contribution < 1.29 is 9.53 Å². The molecule has 11 heavy (non-hydrogen) atoms. The molecule has 0 saturated heterocycles. The van der Waals surface area contributed by atoms with Gasteiger partial charge in [-0.3, -0.25) is 0 Å². The van der Waals surface area contributed by atoms with E-state index in [1.807, 2.05) is 13.8 Å². The normalized spacial score (nSPS) is 11.0. The first-order valence-corrected chi connectivity index (χ1v) is 3.73. The average Bonchev–Trinajstić information content (AvgIpc) is 2.00. The molecule has 0 aliphatic heterocycles. The van der Waals surface area contributed by atoms with E-state index in [2.05, 4.69) is 5.32 Å². The Morgan fingerprint density at radius 2 is 2.27 bits per heavy atom. The molecular formula is C8H15NO2. The largest absolute Gasteiger partial charge is 0.462 e. The fourth-order valence-corrected chi connectivity index (χ4v) is 0.493. The Morgan fingerprint density at radius 3 is 2.73 bits per heavy atom. The predicted molar refractivity (Wildman–Crippen MR) is 44.1 cm³/mol. The van der Waals surface area contributed by atoms with Crippen LogP contribution in [-0.2, 0) is 9.53 Å². The van der Waals surface area contributed by atoms with Gasteiger partial charge < -0.3 is 10.1 Å². The number of hydrogen-bond acceptors (Lipinski definition) is 3. The van der Waals surface area contributed by atoms with E-state index in [1.165, 1.54) is 6.08 Å². The number of allylic oxidation sites excluding steroid dienone is 1. The molecule has 0 aliphatic rings. The van der Waals surface area contributed by atoms with Crippen molar-refractivity contribution in [1.82, 2.24) is 5.32 Å². The van der Waals surface area contributed by atoms with Gasteiger partial charge in [-0.15, -0.1) is 0 Å². The molecule has 0 amide bonds. The molecule has 0 aromatic heterocycles. The summed E-state index contributed by atoms with van der Waals surface area (Å²) in [6, 6.07) is 0. The average molecular weight is 157 g/mol. The fraction of sp³-hybridized carbons (Fsp3) is 0.625. The molecule has 0 atom stereocenters. The maximum atomic E-state index is 10.8. The van der Waals surface area contributed by atoms with Crippen LogP contribution in [0.4, 0.5) is 0 Å². The van der Waals surface area contributed by atoms with Crippen molar-refractivity contribution in [3.8, 4) is 0 Å². The third-order valence-corrected chi connectivity index (χ3v) is 1.18. The fourth-order valence-electron chi connectivity index (χ4n) is 0.493. The number of nitrogens with one attached hydrogen (secondary N) is 1. The molecular weight excluding hydrogens is 142 g/mol. The maximum absolute atomic E-state index is 10.8. The highest BCUT2D eigenvalue weighted by molar-refractivity contribution is 5.82. The van der Waals surface area contributed by atoms with Gasteiger partial charge in [0, 0.05) is 18.8 Å². The Balaban J connectivity index is 3.67. The van der Waals surface area contributed by atoms with Gasteiger partial charge >= 0.3 is 5.97 Å². The minimum absolute atomic E-state index is 0.279. The number of ether oxygens (including phenoxy) is 1. The lowest BCUT2D eigenvalue weighted by Crippen LogP contribution is -2.07. The topological polar surface area (TPSA) is 38.3 Å². The van der Waals surface area contributed by atoms with E-state index in [0.29, 0.717) is 6.61 Å². The maximum Gasteiger partial charge on any atom is 0.332 e. The van der Waals surface area contributed by atoms with E-state index in [-0.39, 0.29) is 5.97 Å². The van der Waals surface area contributed by atoms with Crippen LogP contribution in [0, 0.1) is 0 Å². The highest BCUT2D eigenvalue weighted by atomic mass is 16.5. The van der Waals surface area contributed by atoms with Crippen LogP contribution in [-0.4, -0.2) is 19.6 Å². The zero-order valence-electron chi connectivity index (χ0n) is 7.31. The summed E-state index contributed by atoms with van der Waals surface area (Å²) in [4.78, 5) is 10.8. The van der Waals surface area contributed by atoms with Crippen LogP contribution in [0.5, 0.6) is 0 Å². The summed E-state index contributed by atoms with van der Waals surface area (Å²) in [5, 5.41) is 2.83. The van der Waals surface area contributed by atoms with Crippen LogP contribution in [0.15, 0.2) is 11.8 Å². The zero-order valence-corrected chi connectivity index (χ0v) is 7.31. The van der Waals surface area contributed by atoms with Gasteiger partial charge in [-0.25, -0.2) is 4.79 Å². The molecule has 0 bridgehead atoms. The SMILES string of the molecule is CCCOC(=O)/C=C(\C)NC. The van der Waals surface area contributed by atoms with Crippen LogP contribution < -0.4 is 5.32 Å². The van der Waals surface area contributed by atoms with Crippen molar-refractivity contribution in [2.24, 2.45) is 0 Å². The van der Waals surface area contributed by atoms with Gasteiger partial charge in [0.05, 0.1) is 6.61 Å². The first-order valence-electron chi connectivity index (χ1n) is 3.73. The quantitative estimate of drug-likeness (QED) is 0.490. The summed E-state index contributed by atoms with van der Waals surface area (Å²) in [5.74, 6) is -0.279. The van der Waals surface area contributed by atoms with E-state index >= 15 is 0 Å². The number of rotatable bonds is 4. The number of hydrogen-bond donors (Lipinski definition) is 1. The summed E-state index contributed by atoms with van der Waals surface area (Å²) in [5.41, 5.74) is 0.811. The van der Waals surface area contributed by atoms with E-state index in [4.69, 9.17) is 4.74 Å². The third kappa shape index (κ3) is 5.45. The molecule has 3 nitrogen and oxygen atoms in total. The Morgan fingerprint density at radius 1 is 1.64 bits per heavy atom. The molecule has 0 aromatic carbocycles. The monoisotopic (exact) mass is 157 g/mol. The van der Waals surface area contributed by atoms with Crippen molar-refractivity contribution in [2.75, 3.05) is 13.7 Å². The van der Waals surface area contributed by atoms with Gasteiger partial charge in [0.2, 0.25) is 0 Å². The molecule has 0 heterocycles. The van der Waals surface area contributed by atoms with Crippen molar-refractivity contribution in [2.45, 2.75) is 20.3 Å². The second-order valence-corrected chi connectivity index (χ2v) is 2.24. The van der Waals surface area contributed by atoms with E-state index < -0.39 is 0 Å². The molecule has 64 valence electrons. The van der Waals surface area contributed by atoms with Gasteiger partial charge in [-0.2, -0.15) is 0 Å².